The van der Waals surface area contributed by atoms with Crippen molar-refractivity contribution in [3.63, 3.8) is 0 Å². The zero-order valence-electron chi connectivity index (χ0n) is 7.51. The molecule has 0 fully saturated rings. The molecule has 0 aliphatic carbocycles. The highest BCUT2D eigenvalue weighted by Gasteiger charge is 2.48. The lowest BCUT2D eigenvalue weighted by atomic mass is 10.6. The third kappa shape index (κ3) is 1.52. The number of fused-ring (bicyclic) bond motifs is 1. The lowest BCUT2D eigenvalue weighted by molar-refractivity contribution is -0.0438. The fourth-order valence-electron chi connectivity index (χ4n) is 1.07. The Balaban J connectivity index is 2.64. The predicted octanol–water partition coefficient (Wildman–Crippen LogP) is 1.02. The van der Waals surface area contributed by atoms with Gasteiger partial charge in [0.15, 0.2) is 5.03 Å². The molecule has 2 heterocycles. The van der Waals surface area contributed by atoms with Crippen LogP contribution in [0.5, 0.6) is 0 Å². The van der Waals surface area contributed by atoms with E-state index < -0.39 is 20.4 Å². The minimum atomic E-state index is -5.41. The molecular formula is C7H4F3N3O2S. The molecule has 0 radical (unpaired) electrons. The van der Waals surface area contributed by atoms with Crippen LogP contribution in [0.1, 0.15) is 0 Å². The number of alkyl halides is 3. The quantitative estimate of drug-likeness (QED) is 0.710. The van der Waals surface area contributed by atoms with E-state index in [2.05, 4.69) is 9.97 Å². The van der Waals surface area contributed by atoms with Crippen molar-refractivity contribution in [1.82, 2.24) is 14.4 Å². The Morgan fingerprint density at radius 3 is 2.56 bits per heavy atom. The summed E-state index contributed by atoms with van der Waals surface area (Å²) >= 11 is 0. The Morgan fingerprint density at radius 2 is 1.94 bits per heavy atom. The van der Waals surface area contributed by atoms with Crippen LogP contribution in [0, 0.1) is 0 Å². The van der Waals surface area contributed by atoms with E-state index in [1.165, 1.54) is 16.8 Å². The van der Waals surface area contributed by atoms with Crippen molar-refractivity contribution in [2.75, 3.05) is 0 Å². The number of hydrogen-bond donors (Lipinski definition) is 0. The van der Waals surface area contributed by atoms with Crippen molar-refractivity contribution in [3.8, 4) is 0 Å². The number of halogens is 3. The summed E-state index contributed by atoms with van der Waals surface area (Å²) < 4.78 is 59.9. The third-order valence-electron chi connectivity index (χ3n) is 1.84. The van der Waals surface area contributed by atoms with E-state index in [1.54, 1.807) is 0 Å². The van der Waals surface area contributed by atoms with E-state index in [0.29, 0.717) is 0 Å². The third-order valence-corrected chi connectivity index (χ3v) is 3.22. The molecular weight excluding hydrogens is 247 g/mol. The first-order valence-corrected chi connectivity index (χ1v) is 5.41. The average molecular weight is 251 g/mol. The summed E-state index contributed by atoms with van der Waals surface area (Å²) in [6.45, 7) is 0. The van der Waals surface area contributed by atoms with Gasteiger partial charge in [0.1, 0.15) is 12.0 Å². The van der Waals surface area contributed by atoms with Gasteiger partial charge < -0.3 is 0 Å². The zero-order valence-corrected chi connectivity index (χ0v) is 8.33. The molecule has 0 bridgehead atoms. The molecule has 0 saturated heterocycles. The molecule has 9 heteroatoms. The number of nitrogens with zero attached hydrogens (tertiary/aromatic N) is 3. The van der Waals surface area contributed by atoms with E-state index >= 15 is 0 Å². The first-order chi connectivity index (χ1) is 7.32. The van der Waals surface area contributed by atoms with Gasteiger partial charge in [0.2, 0.25) is 0 Å². The van der Waals surface area contributed by atoms with Crippen LogP contribution >= 0.6 is 0 Å². The van der Waals surface area contributed by atoms with Gasteiger partial charge in [0.05, 0.1) is 0 Å². The Kier molecular flexibility index (Phi) is 2.15. The van der Waals surface area contributed by atoms with Crippen molar-refractivity contribution in [3.05, 3.63) is 24.8 Å². The van der Waals surface area contributed by atoms with Crippen LogP contribution in [-0.2, 0) is 9.84 Å². The van der Waals surface area contributed by atoms with Gasteiger partial charge in [-0.25, -0.2) is 18.4 Å². The fraction of sp³-hybridized carbons (Fsp3) is 0.143. The average Bonchev–Trinajstić information content (AvgIpc) is 2.61. The van der Waals surface area contributed by atoms with Gasteiger partial charge in [-0.2, -0.15) is 13.2 Å². The Bertz CT molecular complexity index is 632. The lowest BCUT2D eigenvalue weighted by Crippen LogP contribution is -2.24. The molecule has 2 rings (SSSR count). The van der Waals surface area contributed by atoms with E-state index in [4.69, 9.17) is 0 Å². The molecule has 0 spiro atoms. The molecule has 0 unspecified atom stereocenters. The van der Waals surface area contributed by atoms with Gasteiger partial charge in [-0.05, 0) is 0 Å². The largest absolute Gasteiger partial charge is 0.503 e. The summed E-state index contributed by atoms with van der Waals surface area (Å²) in [6, 6.07) is 0.767. The van der Waals surface area contributed by atoms with Crippen LogP contribution in [0.4, 0.5) is 13.2 Å². The number of rotatable bonds is 1. The van der Waals surface area contributed by atoms with Crippen molar-refractivity contribution >= 4 is 15.5 Å². The summed E-state index contributed by atoms with van der Waals surface area (Å²) in [5.74, 6) is 0. The molecule has 2 aromatic rings. The monoisotopic (exact) mass is 251 g/mol. The second kappa shape index (κ2) is 3.17. The molecule has 0 N–H and O–H groups in total. The van der Waals surface area contributed by atoms with Gasteiger partial charge in [-0.15, -0.1) is 0 Å². The molecule has 2 aromatic heterocycles. The van der Waals surface area contributed by atoms with Crippen molar-refractivity contribution in [1.29, 1.82) is 0 Å². The summed E-state index contributed by atoms with van der Waals surface area (Å²) in [4.78, 5) is 6.90. The highest BCUT2D eigenvalue weighted by molar-refractivity contribution is 7.92. The minimum absolute atomic E-state index is 0.0813. The van der Waals surface area contributed by atoms with E-state index in [0.717, 1.165) is 12.4 Å². The molecule has 0 saturated carbocycles. The topological polar surface area (TPSA) is 64.3 Å². The number of hydrogen-bond acceptors (Lipinski definition) is 4. The summed E-state index contributed by atoms with van der Waals surface area (Å²) in [5, 5.41) is -1.06. The van der Waals surface area contributed by atoms with Gasteiger partial charge in [-0.3, -0.25) is 4.40 Å². The van der Waals surface area contributed by atoms with E-state index in [-0.39, 0.29) is 5.65 Å². The normalized spacial score (nSPS) is 13.2. The van der Waals surface area contributed by atoms with Crippen LogP contribution < -0.4 is 0 Å². The maximum atomic E-state index is 12.2. The molecule has 0 aromatic carbocycles. The zero-order chi connectivity index (χ0) is 12.0. The number of aromatic nitrogens is 3. The fourth-order valence-corrected chi connectivity index (χ4v) is 1.75. The molecule has 0 aliphatic heterocycles. The first kappa shape index (κ1) is 10.9. The van der Waals surface area contributed by atoms with Crippen LogP contribution in [0.3, 0.4) is 0 Å². The molecule has 5 nitrogen and oxygen atoms in total. The van der Waals surface area contributed by atoms with Gasteiger partial charge in [0.25, 0.3) is 9.84 Å². The molecule has 86 valence electrons. The highest BCUT2D eigenvalue weighted by Crippen LogP contribution is 2.29. The van der Waals surface area contributed by atoms with Gasteiger partial charge >= 0.3 is 5.51 Å². The first-order valence-electron chi connectivity index (χ1n) is 3.92. The van der Waals surface area contributed by atoms with E-state index in [1.807, 2.05) is 0 Å². The standard InChI is InChI=1S/C7H4F3N3O2S/c8-7(9,10)16(14,15)6-3-5-11-1-2-13(5)4-12-6/h1-4H. The van der Waals surface area contributed by atoms with Crippen LogP contribution in [-0.4, -0.2) is 28.3 Å². The summed E-state index contributed by atoms with van der Waals surface area (Å²) in [7, 11) is -5.41. The minimum Gasteiger partial charge on any atom is -0.290 e. The lowest BCUT2D eigenvalue weighted by Gasteiger charge is -2.06. The van der Waals surface area contributed by atoms with Crippen LogP contribution in [0.15, 0.2) is 29.8 Å². The Morgan fingerprint density at radius 1 is 1.25 bits per heavy atom. The van der Waals surface area contributed by atoms with Crippen LogP contribution in [0.2, 0.25) is 0 Å². The summed E-state index contributed by atoms with van der Waals surface area (Å²) in [6.07, 6.45) is 3.72. The molecule has 16 heavy (non-hydrogen) atoms. The molecule has 0 aliphatic rings. The van der Waals surface area contributed by atoms with Gasteiger partial charge in [-0.1, -0.05) is 0 Å². The van der Waals surface area contributed by atoms with Crippen LogP contribution in [0.25, 0.3) is 5.65 Å². The second-order valence-electron chi connectivity index (χ2n) is 2.87. The maximum absolute atomic E-state index is 12.2. The smallest absolute Gasteiger partial charge is 0.290 e. The maximum Gasteiger partial charge on any atom is 0.503 e. The predicted molar refractivity (Wildman–Crippen MR) is 46.2 cm³/mol. The molecule has 0 amide bonds. The number of sulfone groups is 1. The van der Waals surface area contributed by atoms with Crippen molar-refractivity contribution < 1.29 is 21.6 Å². The van der Waals surface area contributed by atoms with Gasteiger partial charge in [0, 0.05) is 18.5 Å². The summed E-state index contributed by atoms with van der Waals surface area (Å²) in [5.41, 5.74) is -5.27. The second-order valence-corrected chi connectivity index (χ2v) is 4.76. The van der Waals surface area contributed by atoms with Crippen molar-refractivity contribution in [2.45, 2.75) is 10.5 Å². The SMILES string of the molecule is O=S(=O)(c1cc2nccn2cn1)C(F)(F)F. The van der Waals surface area contributed by atoms with Crippen molar-refractivity contribution in [2.24, 2.45) is 0 Å². The Hall–Kier alpha value is -1.64. The number of imidazole rings is 1. The Labute approximate surface area is 87.5 Å². The van der Waals surface area contributed by atoms with E-state index in [9.17, 15) is 21.6 Å². The molecule has 0 atom stereocenters. The highest BCUT2D eigenvalue weighted by atomic mass is 32.2.